The molecule has 2 rings (SSSR count). The van der Waals surface area contributed by atoms with E-state index in [0.29, 0.717) is 12.0 Å². The molecular weight excluding hydrogens is 248 g/mol. The normalized spacial score (nSPS) is 22.4. The Bertz CT molecular complexity index is 410. The van der Waals surface area contributed by atoms with Crippen LogP contribution in [0.15, 0.2) is 18.3 Å². The van der Waals surface area contributed by atoms with Crippen molar-refractivity contribution in [3.05, 3.63) is 24.0 Å². The smallest absolute Gasteiger partial charge is 0.0771 e. The summed E-state index contributed by atoms with van der Waals surface area (Å²) in [6.07, 6.45) is 1.74. The third-order valence-electron chi connectivity index (χ3n) is 4.24. The van der Waals surface area contributed by atoms with Gasteiger partial charge in [0, 0.05) is 44.0 Å². The van der Waals surface area contributed by atoms with Gasteiger partial charge in [-0.3, -0.25) is 9.80 Å². The van der Waals surface area contributed by atoms with Crippen LogP contribution in [0.3, 0.4) is 0 Å². The fourth-order valence-electron chi connectivity index (χ4n) is 2.91. The second kappa shape index (κ2) is 6.19. The number of hydrogen-bond donors (Lipinski definition) is 0. The standard InChI is InChI=1S/C16H28N4/c1-13(2)15-12-20(16(3,4)5)10-9-19(15)11-14-7-6-8-17-18-14/h6-8,13,15H,9-12H2,1-5H3. The minimum Gasteiger partial charge on any atom is -0.296 e. The van der Waals surface area contributed by atoms with Gasteiger partial charge < -0.3 is 0 Å². The van der Waals surface area contributed by atoms with E-state index in [1.165, 1.54) is 0 Å². The molecule has 0 aliphatic carbocycles. The molecule has 0 amide bonds. The van der Waals surface area contributed by atoms with Crippen molar-refractivity contribution < 1.29 is 0 Å². The molecule has 20 heavy (non-hydrogen) atoms. The first-order valence-corrected chi connectivity index (χ1v) is 7.63. The summed E-state index contributed by atoms with van der Waals surface area (Å²) >= 11 is 0. The Morgan fingerprint density at radius 1 is 1.30 bits per heavy atom. The molecule has 0 saturated carbocycles. The van der Waals surface area contributed by atoms with Gasteiger partial charge >= 0.3 is 0 Å². The molecule has 0 spiro atoms. The fourth-order valence-corrected chi connectivity index (χ4v) is 2.91. The Morgan fingerprint density at radius 3 is 2.60 bits per heavy atom. The van der Waals surface area contributed by atoms with Crippen LogP contribution < -0.4 is 0 Å². The maximum Gasteiger partial charge on any atom is 0.0771 e. The summed E-state index contributed by atoms with van der Waals surface area (Å²) in [7, 11) is 0. The van der Waals surface area contributed by atoms with Gasteiger partial charge in [-0.15, -0.1) is 0 Å². The van der Waals surface area contributed by atoms with Gasteiger partial charge in [0.25, 0.3) is 0 Å². The monoisotopic (exact) mass is 276 g/mol. The molecule has 4 heteroatoms. The van der Waals surface area contributed by atoms with Crippen molar-refractivity contribution in [1.29, 1.82) is 0 Å². The van der Waals surface area contributed by atoms with Gasteiger partial charge in [0.05, 0.1) is 5.69 Å². The topological polar surface area (TPSA) is 32.3 Å². The van der Waals surface area contributed by atoms with E-state index in [9.17, 15) is 0 Å². The molecule has 0 bridgehead atoms. The molecular formula is C16H28N4. The van der Waals surface area contributed by atoms with Gasteiger partial charge in [-0.2, -0.15) is 10.2 Å². The van der Waals surface area contributed by atoms with Crippen LogP contribution in [0.2, 0.25) is 0 Å². The van der Waals surface area contributed by atoms with Crippen LogP contribution in [0, 0.1) is 5.92 Å². The summed E-state index contributed by atoms with van der Waals surface area (Å²) in [6.45, 7) is 15.9. The quantitative estimate of drug-likeness (QED) is 0.848. The third kappa shape index (κ3) is 3.76. The lowest BCUT2D eigenvalue weighted by Gasteiger charge is -2.48. The van der Waals surface area contributed by atoms with E-state index in [0.717, 1.165) is 31.9 Å². The summed E-state index contributed by atoms with van der Waals surface area (Å²) < 4.78 is 0. The average Bonchev–Trinajstić information content (AvgIpc) is 2.38. The maximum atomic E-state index is 4.23. The lowest BCUT2D eigenvalue weighted by molar-refractivity contribution is 0.000365. The average molecular weight is 276 g/mol. The number of aromatic nitrogens is 2. The van der Waals surface area contributed by atoms with Crippen LogP contribution in [0.25, 0.3) is 0 Å². The summed E-state index contributed by atoms with van der Waals surface area (Å²) in [5, 5.41) is 8.22. The molecule has 1 aliphatic rings. The Hall–Kier alpha value is -1.00. The van der Waals surface area contributed by atoms with Gasteiger partial charge in [0.2, 0.25) is 0 Å². The van der Waals surface area contributed by atoms with Crippen LogP contribution in [0.1, 0.15) is 40.3 Å². The second-order valence-corrected chi connectivity index (χ2v) is 7.11. The van der Waals surface area contributed by atoms with E-state index in [1.54, 1.807) is 6.20 Å². The highest BCUT2D eigenvalue weighted by Crippen LogP contribution is 2.24. The third-order valence-corrected chi connectivity index (χ3v) is 4.24. The first-order chi connectivity index (χ1) is 9.38. The van der Waals surface area contributed by atoms with Crippen LogP contribution >= 0.6 is 0 Å². The molecule has 1 atom stereocenters. The summed E-state index contributed by atoms with van der Waals surface area (Å²) in [6, 6.07) is 4.63. The Kier molecular flexibility index (Phi) is 4.76. The van der Waals surface area contributed by atoms with E-state index < -0.39 is 0 Å². The highest BCUT2D eigenvalue weighted by molar-refractivity contribution is 5.01. The van der Waals surface area contributed by atoms with Crippen molar-refractivity contribution in [2.75, 3.05) is 19.6 Å². The van der Waals surface area contributed by atoms with Crippen molar-refractivity contribution in [3.63, 3.8) is 0 Å². The lowest BCUT2D eigenvalue weighted by Crippen LogP contribution is -2.59. The summed E-state index contributed by atoms with van der Waals surface area (Å²) in [5.41, 5.74) is 1.33. The van der Waals surface area contributed by atoms with Crippen molar-refractivity contribution in [1.82, 2.24) is 20.0 Å². The van der Waals surface area contributed by atoms with E-state index in [4.69, 9.17) is 0 Å². The van der Waals surface area contributed by atoms with Crippen LogP contribution in [0.5, 0.6) is 0 Å². The number of rotatable bonds is 3. The second-order valence-electron chi connectivity index (χ2n) is 7.11. The van der Waals surface area contributed by atoms with E-state index in [1.807, 2.05) is 6.07 Å². The summed E-state index contributed by atoms with van der Waals surface area (Å²) in [5.74, 6) is 0.650. The minimum absolute atomic E-state index is 0.256. The largest absolute Gasteiger partial charge is 0.296 e. The van der Waals surface area contributed by atoms with Gasteiger partial charge in [0.15, 0.2) is 0 Å². The Labute approximate surface area is 123 Å². The predicted molar refractivity (Wildman–Crippen MR) is 82.4 cm³/mol. The highest BCUT2D eigenvalue weighted by Gasteiger charge is 2.33. The first kappa shape index (κ1) is 15.4. The van der Waals surface area contributed by atoms with Crippen molar-refractivity contribution in [2.45, 2.75) is 52.7 Å². The Balaban J connectivity index is 2.06. The van der Waals surface area contributed by atoms with Gasteiger partial charge in [-0.25, -0.2) is 0 Å². The van der Waals surface area contributed by atoms with Gasteiger partial charge in [0.1, 0.15) is 0 Å². The molecule has 112 valence electrons. The zero-order chi connectivity index (χ0) is 14.8. The number of hydrogen-bond acceptors (Lipinski definition) is 4. The van der Waals surface area contributed by atoms with Crippen molar-refractivity contribution in [2.24, 2.45) is 5.92 Å². The Morgan fingerprint density at radius 2 is 2.05 bits per heavy atom. The molecule has 0 radical (unpaired) electrons. The lowest BCUT2D eigenvalue weighted by atomic mass is 9.95. The van der Waals surface area contributed by atoms with Crippen molar-refractivity contribution in [3.8, 4) is 0 Å². The molecule has 2 heterocycles. The number of nitrogens with zero attached hydrogens (tertiary/aromatic N) is 4. The molecule has 4 nitrogen and oxygen atoms in total. The number of piperazine rings is 1. The predicted octanol–water partition coefficient (Wildman–Crippen LogP) is 2.42. The highest BCUT2D eigenvalue weighted by atomic mass is 15.3. The fraction of sp³-hybridized carbons (Fsp3) is 0.750. The zero-order valence-corrected chi connectivity index (χ0v) is 13.5. The van der Waals surface area contributed by atoms with Crippen LogP contribution in [-0.2, 0) is 6.54 Å². The maximum absolute atomic E-state index is 4.23. The molecule has 1 fully saturated rings. The molecule has 1 aliphatic heterocycles. The van der Waals surface area contributed by atoms with E-state index in [2.05, 4.69) is 60.7 Å². The minimum atomic E-state index is 0.256. The molecule has 1 aromatic rings. The molecule has 0 aromatic carbocycles. The van der Waals surface area contributed by atoms with Crippen molar-refractivity contribution >= 4 is 0 Å². The van der Waals surface area contributed by atoms with Crippen LogP contribution in [-0.4, -0.2) is 51.2 Å². The molecule has 1 unspecified atom stereocenters. The van der Waals surface area contributed by atoms with Crippen LogP contribution in [0.4, 0.5) is 0 Å². The van der Waals surface area contributed by atoms with Gasteiger partial charge in [-0.1, -0.05) is 13.8 Å². The molecule has 1 aromatic heterocycles. The summed E-state index contributed by atoms with van der Waals surface area (Å²) in [4.78, 5) is 5.17. The van der Waals surface area contributed by atoms with Gasteiger partial charge in [-0.05, 0) is 38.8 Å². The van der Waals surface area contributed by atoms with E-state index in [-0.39, 0.29) is 5.54 Å². The zero-order valence-electron chi connectivity index (χ0n) is 13.5. The first-order valence-electron chi connectivity index (χ1n) is 7.63. The molecule has 1 saturated heterocycles. The SMILES string of the molecule is CC(C)C1CN(C(C)(C)C)CCN1Cc1cccnn1. The van der Waals surface area contributed by atoms with E-state index >= 15 is 0 Å². The molecule has 0 N–H and O–H groups in total.